The number of hydrogen-bond acceptors (Lipinski definition) is 3. The van der Waals surface area contributed by atoms with Crippen LogP contribution < -0.4 is 5.32 Å². The van der Waals surface area contributed by atoms with Crippen LogP contribution in [0, 0.1) is 0 Å². The lowest BCUT2D eigenvalue weighted by molar-refractivity contribution is 0.196. The Morgan fingerprint density at radius 3 is 2.92 bits per heavy atom. The quantitative estimate of drug-likeness (QED) is 0.296. The zero-order valence-corrected chi connectivity index (χ0v) is 17.3. The van der Waals surface area contributed by atoms with E-state index in [1.165, 1.54) is 34.9 Å². The highest BCUT2D eigenvalue weighted by Crippen LogP contribution is 2.29. The molecule has 1 N–H and O–H groups in total. The molecule has 26 heavy (non-hydrogen) atoms. The molecular formula is C21H21ClIN3. The van der Waals surface area contributed by atoms with Gasteiger partial charge in [0.05, 0.1) is 10.1 Å². The van der Waals surface area contributed by atoms with E-state index in [0.29, 0.717) is 10.1 Å². The zero-order valence-electron chi connectivity index (χ0n) is 14.4. The molecular weight excluding hydrogens is 457 g/mol. The molecule has 1 aliphatic rings. The molecule has 0 aliphatic carbocycles. The number of halogens is 2. The topological polar surface area (TPSA) is 28.2 Å². The van der Waals surface area contributed by atoms with Crippen LogP contribution in [-0.2, 0) is 6.54 Å². The SMILES string of the molecule is Clc1ccccc1CN1CCCC(Nc2ccc3cnccc3c2)C1I. The van der Waals surface area contributed by atoms with E-state index < -0.39 is 0 Å². The maximum absolute atomic E-state index is 6.36. The first kappa shape index (κ1) is 18.0. The van der Waals surface area contributed by atoms with E-state index in [0.717, 1.165) is 18.1 Å². The van der Waals surface area contributed by atoms with Crippen LogP contribution in [0.3, 0.4) is 0 Å². The second kappa shape index (κ2) is 8.11. The van der Waals surface area contributed by atoms with Gasteiger partial charge in [0, 0.05) is 35.0 Å². The molecule has 2 aromatic carbocycles. The summed E-state index contributed by atoms with van der Waals surface area (Å²) in [5.74, 6) is 0. The Balaban J connectivity index is 1.48. The second-order valence-electron chi connectivity index (χ2n) is 6.77. The van der Waals surface area contributed by atoms with Crippen molar-refractivity contribution in [3.05, 3.63) is 71.5 Å². The van der Waals surface area contributed by atoms with Gasteiger partial charge in [-0.25, -0.2) is 0 Å². The van der Waals surface area contributed by atoms with Crippen LogP contribution in [0.2, 0.25) is 5.02 Å². The summed E-state index contributed by atoms with van der Waals surface area (Å²) in [5.41, 5.74) is 2.38. The van der Waals surface area contributed by atoms with Crippen LogP contribution in [-0.4, -0.2) is 26.5 Å². The van der Waals surface area contributed by atoms with E-state index in [1.807, 2.05) is 24.5 Å². The van der Waals surface area contributed by atoms with Crippen molar-refractivity contribution < 1.29 is 0 Å². The van der Waals surface area contributed by atoms with Crippen LogP contribution >= 0.6 is 34.2 Å². The number of hydrogen-bond donors (Lipinski definition) is 1. The van der Waals surface area contributed by atoms with Crippen molar-refractivity contribution in [1.29, 1.82) is 0 Å². The molecule has 2 heterocycles. The molecule has 134 valence electrons. The molecule has 0 saturated carbocycles. The van der Waals surface area contributed by atoms with E-state index in [4.69, 9.17) is 11.6 Å². The molecule has 5 heteroatoms. The molecule has 0 amide bonds. The number of nitrogens with zero attached hydrogens (tertiary/aromatic N) is 2. The Morgan fingerprint density at radius 2 is 2.04 bits per heavy atom. The lowest BCUT2D eigenvalue weighted by Crippen LogP contribution is -2.47. The number of likely N-dealkylation sites (tertiary alicyclic amines) is 1. The van der Waals surface area contributed by atoms with Gasteiger partial charge in [0.25, 0.3) is 0 Å². The molecule has 2 atom stereocenters. The smallest absolute Gasteiger partial charge is 0.0825 e. The summed E-state index contributed by atoms with van der Waals surface area (Å²) in [4.78, 5) is 6.71. The van der Waals surface area contributed by atoms with Crippen molar-refractivity contribution in [2.45, 2.75) is 29.5 Å². The fourth-order valence-electron chi connectivity index (χ4n) is 3.57. The van der Waals surface area contributed by atoms with Crippen molar-refractivity contribution in [3.63, 3.8) is 0 Å². The molecule has 1 fully saturated rings. The second-order valence-corrected chi connectivity index (χ2v) is 8.45. The van der Waals surface area contributed by atoms with Gasteiger partial charge in [-0.3, -0.25) is 9.88 Å². The van der Waals surface area contributed by atoms with Crippen LogP contribution in [0.25, 0.3) is 10.8 Å². The summed E-state index contributed by atoms with van der Waals surface area (Å²) in [7, 11) is 0. The summed E-state index contributed by atoms with van der Waals surface area (Å²) in [6.07, 6.45) is 6.13. The first-order valence-corrected chi connectivity index (χ1v) is 10.5. The van der Waals surface area contributed by atoms with Crippen molar-refractivity contribution >= 4 is 50.7 Å². The van der Waals surface area contributed by atoms with Gasteiger partial charge in [-0.2, -0.15) is 0 Å². The standard InChI is InChI=1S/C21H21ClIN3/c22-19-5-2-1-4-17(19)14-26-11-3-6-20(21(26)23)25-18-8-7-16-13-24-10-9-15(16)12-18/h1-2,4-5,7-10,12-13,20-21,25H,3,6,11,14H2. The van der Waals surface area contributed by atoms with Gasteiger partial charge in [0.2, 0.25) is 0 Å². The van der Waals surface area contributed by atoms with Crippen molar-refractivity contribution in [3.8, 4) is 0 Å². The Labute approximate surface area is 172 Å². The Morgan fingerprint density at radius 1 is 1.15 bits per heavy atom. The maximum Gasteiger partial charge on any atom is 0.0825 e. The van der Waals surface area contributed by atoms with Gasteiger partial charge in [-0.1, -0.05) is 58.5 Å². The van der Waals surface area contributed by atoms with Crippen LogP contribution in [0.1, 0.15) is 18.4 Å². The fourth-order valence-corrected chi connectivity index (χ4v) is 4.78. The first-order chi connectivity index (χ1) is 12.7. The first-order valence-electron chi connectivity index (χ1n) is 8.92. The van der Waals surface area contributed by atoms with E-state index in [1.54, 1.807) is 0 Å². The predicted molar refractivity (Wildman–Crippen MR) is 118 cm³/mol. The predicted octanol–water partition coefficient (Wildman–Crippen LogP) is 5.73. The van der Waals surface area contributed by atoms with E-state index in [-0.39, 0.29) is 0 Å². The maximum atomic E-state index is 6.36. The third kappa shape index (κ3) is 3.97. The number of alkyl halides is 1. The van der Waals surface area contributed by atoms with Gasteiger partial charge in [-0.05, 0) is 54.6 Å². The molecule has 3 aromatic rings. The summed E-state index contributed by atoms with van der Waals surface area (Å²) >= 11 is 8.94. The van der Waals surface area contributed by atoms with Gasteiger partial charge in [0.15, 0.2) is 0 Å². The molecule has 4 rings (SSSR count). The molecule has 0 spiro atoms. The third-order valence-corrected chi connectivity index (χ3v) is 6.99. The summed E-state index contributed by atoms with van der Waals surface area (Å²) in [6.45, 7) is 2.01. The Hall–Kier alpha value is -1.37. The average molecular weight is 478 g/mol. The minimum Gasteiger partial charge on any atom is -0.380 e. The number of rotatable bonds is 4. The molecule has 1 aliphatic heterocycles. The van der Waals surface area contributed by atoms with Crippen molar-refractivity contribution in [2.24, 2.45) is 0 Å². The van der Waals surface area contributed by atoms with E-state index in [9.17, 15) is 0 Å². The molecule has 0 bridgehead atoms. The Bertz CT molecular complexity index is 901. The summed E-state index contributed by atoms with van der Waals surface area (Å²) in [6, 6.07) is 17.1. The minimum absolute atomic E-state index is 0.422. The summed E-state index contributed by atoms with van der Waals surface area (Å²) < 4.78 is 0.422. The summed E-state index contributed by atoms with van der Waals surface area (Å²) in [5, 5.41) is 7.00. The van der Waals surface area contributed by atoms with Gasteiger partial charge in [-0.15, -0.1) is 0 Å². The van der Waals surface area contributed by atoms with Gasteiger partial charge >= 0.3 is 0 Å². The molecule has 3 nitrogen and oxygen atoms in total. The number of benzene rings is 2. The van der Waals surface area contributed by atoms with Crippen LogP contribution in [0.5, 0.6) is 0 Å². The number of nitrogens with one attached hydrogen (secondary N) is 1. The lowest BCUT2D eigenvalue weighted by atomic mass is 10.0. The number of anilines is 1. The molecule has 2 unspecified atom stereocenters. The highest BCUT2D eigenvalue weighted by molar-refractivity contribution is 14.1. The normalized spacial score (nSPS) is 21.0. The highest BCUT2D eigenvalue weighted by atomic mass is 127. The largest absolute Gasteiger partial charge is 0.380 e. The van der Waals surface area contributed by atoms with E-state index in [2.05, 4.69) is 74.2 Å². The molecule has 0 radical (unpaired) electrons. The average Bonchev–Trinajstić information content (AvgIpc) is 2.66. The Kier molecular flexibility index (Phi) is 5.62. The number of piperidine rings is 1. The fraction of sp³-hybridized carbons (Fsp3) is 0.286. The lowest BCUT2D eigenvalue weighted by Gasteiger charge is -2.39. The number of aromatic nitrogens is 1. The molecule has 1 saturated heterocycles. The molecule has 1 aromatic heterocycles. The minimum atomic E-state index is 0.422. The third-order valence-electron chi connectivity index (χ3n) is 4.97. The monoisotopic (exact) mass is 477 g/mol. The van der Waals surface area contributed by atoms with Crippen molar-refractivity contribution in [2.75, 3.05) is 11.9 Å². The van der Waals surface area contributed by atoms with Gasteiger partial charge in [0.1, 0.15) is 0 Å². The van der Waals surface area contributed by atoms with Crippen molar-refractivity contribution in [1.82, 2.24) is 9.88 Å². The number of pyridine rings is 1. The van der Waals surface area contributed by atoms with Gasteiger partial charge < -0.3 is 5.32 Å². The highest BCUT2D eigenvalue weighted by Gasteiger charge is 2.29. The zero-order chi connectivity index (χ0) is 17.9. The van der Waals surface area contributed by atoms with E-state index >= 15 is 0 Å². The van der Waals surface area contributed by atoms with Crippen LogP contribution in [0.15, 0.2) is 60.9 Å². The number of fused-ring (bicyclic) bond motifs is 1. The van der Waals surface area contributed by atoms with Crippen LogP contribution in [0.4, 0.5) is 5.69 Å².